The number of fused-ring (bicyclic) bond motifs is 3. The Labute approximate surface area is 255 Å². The number of ether oxygens (including phenoxy) is 2. The Morgan fingerprint density at radius 1 is 0.659 bits per heavy atom. The van der Waals surface area contributed by atoms with Crippen LogP contribution in [0, 0.1) is 29.6 Å². The molecule has 2 aromatic carbocycles. The zero-order chi connectivity index (χ0) is 31.9. The van der Waals surface area contributed by atoms with Gasteiger partial charge < -0.3 is 55.4 Å². The predicted octanol–water partition coefficient (Wildman–Crippen LogP) is -1.66. The molecule has 9 N–H and O–H groups in total. The third kappa shape index (κ3) is 5.90. The van der Waals surface area contributed by atoms with Crippen molar-refractivity contribution in [3.63, 3.8) is 0 Å². The molecule has 11 heteroatoms. The van der Waals surface area contributed by atoms with Crippen molar-refractivity contribution in [1.82, 2.24) is 0 Å². The molecule has 0 bridgehead atoms. The number of hydrogen-bond acceptors (Lipinski definition) is 11. The molecule has 2 aromatic rings. The largest absolute Gasteiger partial charge is 0.394 e. The van der Waals surface area contributed by atoms with Gasteiger partial charge in [0, 0.05) is 11.1 Å². The molecule has 0 aromatic heterocycles. The van der Waals surface area contributed by atoms with Crippen LogP contribution in [0.2, 0.25) is 0 Å². The normalized spacial score (nSPS) is 33.9. The zero-order valence-electron chi connectivity index (χ0n) is 24.3. The molecular formula is C33H38O11. The van der Waals surface area contributed by atoms with E-state index in [1.165, 1.54) is 0 Å². The van der Waals surface area contributed by atoms with Crippen molar-refractivity contribution in [3.8, 4) is 34.8 Å². The number of aliphatic hydroxyl groups is 9. The molecule has 236 valence electrons. The van der Waals surface area contributed by atoms with Crippen molar-refractivity contribution in [1.29, 1.82) is 0 Å². The monoisotopic (exact) mass is 610 g/mol. The minimum Gasteiger partial charge on any atom is -0.394 e. The molecule has 2 fully saturated rings. The smallest absolute Gasteiger partial charge is 0.147 e. The molecule has 0 spiro atoms. The number of aliphatic hydroxyl groups excluding tert-OH is 8. The van der Waals surface area contributed by atoms with E-state index in [1.807, 2.05) is 26.0 Å². The predicted molar refractivity (Wildman–Crippen MR) is 156 cm³/mol. The van der Waals surface area contributed by atoms with Gasteiger partial charge in [-0.1, -0.05) is 49.7 Å². The minimum absolute atomic E-state index is 0.0894. The summed E-state index contributed by atoms with van der Waals surface area (Å²) < 4.78 is 11.0. The molecule has 11 nitrogen and oxygen atoms in total. The van der Waals surface area contributed by atoms with Crippen molar-refractivity contribution in [2.24, 2.45) is 5.92 Å². The fourth-order valence-electron chi connectivity index (χ4n) is 6.10. The Bertz CT molecular complexity index is 1380. The molecule has 1 aliphatic carbocycles. The molecule has 3 aliphatic rings. The van der Waals surface area contributed by atoms with Crippen LogP contribution in [-0.2, 0) is 15.1 Å². The van der Waals surface area contributed by atoms with Gasteiger partial charge in [0.2, 0.25) is 0 Å². The van der Waals surface area contributed by atoms with Crippen LogP contribution in [0.1, 0.15) is 42.5 Å². The lowest BCUT2D eigenvalue weighted by atomic mass is 9.83. The van der Waals surface area contributed by atoms with Crippen LogP contribution in [0.15, 0.2) is 36.4 Å². The summed E-state index contributed by atoms with van der Waals surface area (Å²) in [6.07, 6.45) is -13.1. The molecule has 0 amide bonds. The summed E-state index contributed by atoms with van der Waals surface area (Å²) in [5.74, 6) is 11.5. The molecule has 44 heavy (non-hydrogen) atoms. The highest BCUT2D eigenvalue weighted by Gasteiger charge is 2.45. The van der Waals surface area contributed by atoms with Crippen LogP contribution in [0.3, 0.4) is 0 Å². The van der Waals surface area contributed by atoms with E-state index in [4.69, 9.17) is 9.47 Å². The first kappa shape index (κ1) is 32.5. The van der Waals surface area contributed by atoms with Gasteiger partial charge >= 0.3 is 0 Å². The van der Waals surface area contributed by atoms with Crippen LogP contribution in [-0.4, -0.2) is 120 Å². The maximum absolute atomic E-state index is 12.2. The van der Waals surface area contributed by atoms with Gasteiger partial charge in [0.1, 0.15) is 66.6 Å². The number of benzene rings is 2. The summed E-state index contributed by atoms with van der Waals surface area (Å²) >= 11 is 0. The minimum atomic E-state index is -1.54. The van der Waals surface area contributed by atoms with Crippen molar-refractivity contribution in [2.45, 2.75) is 86.9 Å². The summed E-state index contributed by atoms with van der Waals surface area (Å²) in [6, 6.07) is 10.7. The third-order valence-corrected chi connectivity index (χ3v) is 8.43. The van der Waals surface area contributed by atoms with Gasteiger partial charge in [0.15, 0.2) is 0 Å². The fourth-order valence-corrected chi connectivity index (χ4v) is 6.10. The molecule has 0 saturated carbocycles. The van der Waals surface area contributed by atoms with Gasteiger partial charge in [-0.15, -0.1) is 0 Å². The van der Waals surface area contributed by atoms with Crippen LogP contribution < -0.4 is 0 Å². The standard InChI is InChI=1S/C33H38O11/c1-16(2)13-33(42)21-11-17(5-9-23-27(36)31(40)29(38)25(14-34)43-23)3-7-19(21)20-8-4-18(12-22(20)33)6-10-24-28(37)32(41)30(39)26(15-35)44-24/h3-4,7-8,11-12,16,23-32,34-42H,13-15H2,1-2H3/t23-,24-,25-,26-,27-,28-,29-,30-,31-,32-/m1/s1. The lowest BCUT2D eigenvalue weighted by Crippen LogP contribution is -2.58. The molecule has 0 radical (unpaired) electrons. The van der Waals surface area contributed by atoms with E-state index in [0.717, 1.165) is 11.1 Å². The first-order valence-electron chi connectivity index (χ1n) is 14.6. The van der Waals surface area contributed by atoms with Crippen LogP contribution in [0.4, 0.5) is 0 Å². The Kier molecular flexibility index (Phi) is 9.50. The summed E-state index contributed by atoms with van der Waals surface area (Å²) in [6.45, 7) is 2.86. The first-order valence-corrected chi connectivity index (χ1v) is 14.6. The second-order valence-electron chi connectivity index (χ2n) is 12.0. The second kappa shape index (κ2) is 12.9. The molecule has 10 atom stereocenters. The summed E-state index contributed by atoms with van der Waals surface area (Å²) in [7, 11) is 0. The highest BCUT2D eigenvalue weighted by molar-refractivity contribution is 5.81. The third-order valence-electron chi connectivity index (χ3n) is 8.43. The lowest BCUT2D eigenvalue weighted by Gasteiger charge is -2.37. The Morgan fingerprint density at radius 2 is 1.07 bits per heavy atom. The summed E-state index contributed by atoms with van der Waals surface area (Å²) in [5, 5.41) is 92.0. The fraction of sp³-hybridized carbons (Fsp3) is 0.515. The average Bonchev–Trinajstić information content (AvgIpc) is 3.24. The van der Waals surface area contributed by atoms with E-state index in [9.17, 15) is 46.0 Å². The topological polar surface area (TPSA) is 201 Å². The highest BCUT2D eigenvalue weighted by Crippen LogP contribution is 2.50. The maximum Gasteiger partial charge on any atom is 0.147 e. The van der Waals surface area contributed by atoms with Gasteiger partial charge in [-0.25, -0.2) is 0 Å². The van der Waals surface area contributed by atoms with Gasteiger partial charge in [0.05, 0.1) is 13.2 Å². The lowest BCUT2D eigenvalue weighted by molar-refractivity contribution is -0.214. The van der Waals surface area contributed by atoms with Gasteiger partial charge in [0.25, 0.3) is 0 Å². The number of rotatable bonds is 4. The van der Waals surface area contributed by atoms with Crippen molar-refractivity contribution < 1.29 is 55.4 Å². The van der Waals surface area contributed by atoms with Crippen molar-refractivity contribution in [2.75, 3.05) is 13.2 Å². The average molecular weight is 611 g/mol. The molecule has 5 rings (SSSR count). The quantitative estimate of drug-likeness (QED) is 0.179. The Hall–Kier alpha value is -2.88. The summed E-state index contributed by atoms with van der Waals surface area (Å²) in [5.41, 5.74) is 2.48. The molecule has 0 unspecified atom stereocenters. The molecule has 2 aliphatic heterocycles. The SMILES string of the molecule is CC(C)CC1(O)c2cc(C#C[C@H]3O[C@H](CO)[C@@H](O)[C@H](O)[C@@H]3O)ccc2-c2ccc(C#C[C@H]3O[C@H](CO)[C@@H](O)[C@H](O)[C@@H]3O)cc21. The van der Waals surface area contributed by atoms with E-state index >= 15 is 0 Å². The van der Waals surface area contributed by atoms with Gasteiger partial charge in [-0.3, -0.25) is 0 Å². The van der Waals surface area contributed by atoms with E-state index < -0.39 is 79.9 Å². The van der Waals surface area contributed by atoms with Crippen LogP contribution in [0.5, 0.6) is 0 Å². The van der Waals surface area contributed by atoms with Crippen LogP contribution in [0.25, 0.3) is 11.1 Å². The Morgan fingerprint density at radius 3 is 1.43 bits per heavy atom. The van der Waals surface area contributed by atoms with Crippen LogP contribution >= 0.6 is 0 Å². The van der Waals surface area contributed by atoms with E-state index in [0.29, 0.717) is 28.7 Å². The highest BCUT2D eigenvalue weighted by atomic mass is 16.5. The van der Waals surface area contributed by atoms with E-state index in [-0.39, 0.29) is 5.92 Å². The van der Waals surface area contributed by atoms with Crippen molar-refractivity contribution in [3.05, 3.63) is 58.7 Å². The van der Waals surface area contributed by atoms with E-state index in [1.54, 1.807) is 24.3 Å². The van der Waals surface area contributed by atoms with E-state index in [2.05, 4.69) is 23.7 Å². The molecular weight excluding hydrogens is 572 g/mol. The second-order valence-corrected chi connectivity index (χ2v) is 12.0. The molecule has 2 saturated heterocycles. The number of hydrogen-bond donors (Lipinski definition) is 9. The van der Waals surface area contributed by atoms with Gasteiger partial charge in [-0.05, 0) is 58.9 Å². The maximum atomic E-state index is 12.2. The zero-order valence-corrected chi connectivity index (χ0v) is 24.3. The Balaban J connectivity index is 1.46. The first-order chi connectivity index (χ1) is 20.9. The van der Waals surface area contributed by atoms with Gasteiger partial charge in [-0.2, -0.15) is 0 Å². The summed E-state index contributed by atoms with van der Waals surface area (Å²) in [4.78, 5) is 0. The molecule has 2 heterocycles. The van der Waals surface area contributed by atoms with Crippen molar-refractivity contribution >= 4 is 0 Å².